The first-order chi connectivity index (χ1) is 28.3. The number of carbonyl (C=O) groups excluding carboxylic acids is 3. The van der Waals surface area contributed by atoms with Crippen LogP contribution in [0.2, 0.25) is 0 Å². The number of Topliss-reactive ketones (excluding diaryl/α,β-unsaturated/α-hetero) is 1. The number of pyridine rings is 1. The van der Waals surface area contributed by atoms with E-state index in [0.29, 0.717) is 23.5 Å². The average Bonchev–Trinajstić information content (AvgIpc) is 3.74. The van der Waals surface area contributed by atoms with Crippen molar-refractivity contribution in [2.75, 3.05) is 27.3 Å². The van der Waals surface area contributed by atoms with Gasteiger partial charge in [-0.1, -0.05) is 38.9 Å². The lowest BCUT2D eigenvalue weighted by atomic mass is 9.73. The van der Waals surface area contributed by atoms with Crippen LogP contribution in [0.5, 0.6) is 0 Å². The van der Waals surface area contributed by atoms with Crippen LogP contribution in [0, 0.1) is 23.7 Å². The van der Waals surface area contributed by atoms with Gasteiger partial charge < -0.3 is 43.6 Å². The third-order valence-corrected chi connectivity index (χ3v) is 12.6. The van der Waals surface area contributed by atoms with Crippen molar-refractivity contribution in [2.45, 2.75) is 141 Å². The van der Waals surface area contributed by atoms with Gasteiger partial charge in [-0.3, -0.25) is 14.4 Å². The largest absolute Gasteiger partial charge is 0.459 e. The number of likely N-dealkylation sites (N-methyl/N-ethyl adjacent to an activating group) is 1. The Morgan fingerprint density at radius 1 is 1.05 bits per heavy atom. The van der Waals surface area contributed by atoms with Crippen LogP contribution in [-0.2, 0) is 49.3 Å². The number of aliphatic hydroxyl groups is 2. The summed E-state index contributed by atoms with van der Waals surface area (Å²) in [5.74, 6) is -4.91. The highest BCUT2D eigenvalue weighted by molar-refractivity contribution is 6.01. The highest BCUT2D eigenvalue weighted by Gasteiger charge is 2.53. The number of carbonyl (C=O) groups is 3. The number of hydrogen-bond acceptors (Lipinski definition) is 15. The first-order valence-electron chi connectivity index (χ1n) is 21.0. The zero-order chi connectivity index (χ0) is 43.7. The highest BCUT2D eigenvalue weighted by atomic mass is 16.7. The summed E-state index contributed by atoms with van der Waals surface area (Å²) in [6, 6.07) is 5.09. The van der Waals surface area contributed by atoms with Gasteiger partial charge in [0.05, 0.1) is 37.1 Å². The van der Waals surface area contributed by atoms with Crippen LogP contribution in [0.25, 0.3) is 5.82 Å². The Morgan fingerprint density at radius 2 is 1.80 bits per heavy atom. The van der Waals surface area contributed by atoms with Gasteiger partial charge in [0.15, 0.2) is 17.9 Å². The lowest BCUT2D eigenvalue weighted by Crippen LogP contribution is -2.60. The molecule has 4 bridgehead atoms. The Bertz CT molecular complexity index is 1890. The van der Waals surface area contributed by atoms with Gasteiger partial charge in [0, 0.05) is 48.6 Å². The van der Waals surface area contributed by atoms with Crippen molar-refractivity contribution in [3.05, 3.63) is 42.4 Å². The minimum absolute atomic E-state index is 0.0831. The van der Waals surface area contributed by atoms with Crippen molar-refractivity contribution in [3.63, 3.8) is 0 Å². The molecular weight excluding hydrogens is 777 g/mol. The highest BCUT2D eigenvalue weighted by Crippen LogP contribution is 2.40. The molecule has 1 unspecified atom stereocenters. The van der Waals surface area contributed by atoms with Crippen LogP contribution in [0.15, 0.2) is 46.9 Å². The summed E-state index contributed by atoms with van der Waals surface area (Å²) in [5, 5.41) is 32.7. The van der Waals surface area contributed by atoms with E-state index in [-0.39, 0.29) is 50.3 Å². The third kappa shape index (κ3) is 9.57. The molecule has 4 aliphatic rings. The summed E-state index contributed by atoms with van der Waals surface area (Å²) in [6.45, 7) is 13.4. The predicted octanol–water partition coefficient (Wildman–Crippen LogP) is 3.11. The van der Waals surface area contributed by atoms with Gasteiger partial charge in [0.2, 0.25) is 6.10 Å². The van der Waals surface area contributed by atoms with E-state index in [2.05, 4.69) is 15.2 Å². The first kappa shape index (κ1) is 45.6. The molecule has 3 saturated heterocycles. The molecule has 0 saturated carbocycles. The molecule has 60 heavy (non-hydrogen) atoms. The molecular formula is C43H62N6O11. The summed E-state index contributed by atoms with van der Waals surface area (Å²) in [7, 11) is 3.74. The van der Waals surface area contributed by atoms with Crippen molar-refractivity contribution < 1.29 is 53.1 Å². The Labute approximate surface area is 351 Å². The second-order valence-electron chi connectivity index (χ2n) is 17.6. The quantitative estimate of drug-likeness (QED) is 0.304. The zero-order valence-corrected chi connectivity index (χ0v) is 36.4. The molecule has 2 N–H and O–H groups in total. The van der Waals surface area contributed by atoms with Crippen LogP contribution in [0.3, 0.4) is 0 Å². The second kappa shape index (κ2) is 18.6. The molecule has 0 aromatic carbocycles. The minimum atomic E-state index is -1.84. The van der Waals surface area contributed by atoms with E-state index in [1.165, 1.54) is 13.8 Å². The minimum Gasteiger partial charge on any atom is -0.459 e. The van der Waals surface area contributed by atoms with Gasteiger partial charge in [-0.15, -0.1) is 0 Å². The summed E-state index contributed by atoms with van der Waals surface area (Å²) >= 11 is 0. The van der Waals surface area contributed by atoms with E-state index in [0.717, 1.165) is 0 Å². The van der Waals surface area contributed by atoms with Crippen molar-refractivity contribution in [2.24, 2.45) is 33.8 Å². The number of aliphatic imine (C=N–C) groups is 1. The normalized spacial score (nSPS) is 39.5. The van der Waals surface area contributed by atoms with Crippen LogP contribution >= 0.6 is 0 Å². The topological polar surface area (TPSA) is 206 Å². The summed E-state index contributed by atoms with van der Waals surface area (Å²) < 4.78 is 34.0. The third-order valence-electron chi connectivity index (χ3n) is 12.6. The van der Waals surface area contributed by atoms with Crippen LogP contribution < -0.4 is 0 Å². The van der Waals surface area contributed by atoms with E-state index in [1.54, 1.807) is 56.2 Å². The number of ketones is 1. The van der Waals surface area contributed by atoms with Gasteiger partial charge in [-0.25, -0.2) is 14.7 Å². The maximum Gasteiger partial charge on any atom is 0.316 e. The fourth-order valence-corrected chi connectivity index (χ4v) is 9.22. The lowest BCUT2D eigenvalue weighted by Gasteiger charge is -2.47. The number of oxime groups is 1. The lowest BCUT2D eigenvalue weighted by molar-refractivity contribution is -0.296. The summed E-state index contributed by atoms with van der Waals surface area (Å²) in [6.07, 6.45) is -1.06. The number of nitrogens with zero attached hydrogens (tertiary/aromatic N) is 6. The number of aromatic nitrogens is 3. The van der Waals surface area contributed by atoms with E-state index >= 15 is 0 Å². The second-order valence-corrected chi connectivity index (χ2v) is 17.6. The molecule has 0 radical (unpaired) electrons. The predicted molar refractivity (Wildman–Crippen MR) is 218 cm³/mol. The number of hydrogen-bond donors (Lipinski definition) is 2. The molecule has 2 aromatic rings. The average molecular weight is 839 g/mol. The Hall–Kier alpha value is -3.97. The summed E-state index contributed by atoms with van der Waals surface area (Å²) in [5.41, 5.74) is -1.93. The molecule has 2 aromatic heterocycles. The van der Waals surface area contributed by atoms with Crippen molar-refractivity contribution in [1.29, 1.82) is 0 Å². The van der Waals surface area contributed by atoms with Crippen LogP contribution in [0.4, 0.5) is 0 Å². The fourth-order valence-electron chi connectivity index (χ4n) is 9.22. The number of ether oxygens (including phenoxy) is 5. The molecule has 6 heterocycles. The number of esters is 1. The summed E-state index contributed by atoms with van der Waals surface area (Å²) in [4.78, 5) is 60.0. The molecule has 17 heteroatoms. The van der Waals surface area contributed by atoms with Gasteiger partial charge in [-0.05, 0) is 84.7 Å². The molecule has 330 valence electrons. The fraction of sp³-hybridized carbons (Fsp3) is 0.698. The van der Waals surface area contributed by atoms with Gasteiger partial charge in [0.25, 0.3) is 5.91 Å². The van der Waals surface area contributed by atoms with Gasteiger partial charge >= 0.3 is 5.97 Å². The van der Waals surface area contributed by atoms with Crippen molar-refractivity contribution in [1.82, 2.24) is 19.7 Å². The molecule has 0 spiro atoms. The Morgan fingerprint density at radius 3 is 2.45 bits per heavy atom. The van der Waals surface area contributed by atoms with Crippen molar-refractivity contribution in [3.8, 4) is 5.82 Å². The number of rotatable bonds is 7. The number of cyclic esters (lactones) is 1. The SMILES string of the molecule is CC[C@H]1OC(=O)[C@H](C)C(=O)[C@H](C)[C@@H](O[C@@H]2O[C@H](C)C[C@H](N(C)C)[C@H]2O)[C@@]2(C)C[C@@H](C)C3=NC(=O)C(Cc4ccc(-n5cccn5)nc4)O/N=C(\CO[C@@H]([C@@H]3C)[C@]1(C)O)CO2. The Kier molecular flexibility index (Phi) is 14.1. The van der Waals surface area contributed by atoms with Gasteiger partial charge in [-0.2, -0.15) is 5.10 Å². The number of fused-ring (bicyclic) bond motifs is 4. The van der Waals surface area contributed by atoms with E-state index < -0.39 is 89.3 Å². The number of aliphatic hydroxyl groups excluding tert-OH is 1. The first-order valence-corrected chi connectivity index (χ1v) is 21.0. The van der Waals surface area contributed by atoms with E-state index in [1.807, 2.05) is 45.8 Å². The van der Waals surface area contributed by atoms with Gasteiger partial charge in [0.1, 0.15) is 29.4 Å². The number of amides is 1. The molecule has 1 amide bonds. The van der Waals surface area contributed by atoms with Crippen LogP contribution in [0.1, 0.15) is 80.2 Å². The maximum absolute atomic E-state index is 14.5. The smallest absolute Gasteiger partial charge is 0.316 e. The van der Waals surface area contributed by atoms with E-state index in [9.17, 15) is 24.6 Å². The molecule has 17 nitrogen and oxygen atoms in total. The molecule has 3 fully saturated rings. The standard InChI is InChI=1S/C43H62N6O11/c1-11-32-43(8,54)38-25(4)34-23(2)19-42(7,37(26(5)35(50)27(6)40(53)58-32)59-41-36(51)30(48(9)10)17-24(3)57-41)56-22-29(21-55-38)47-60-31(39(52)46-34)18-28-13-14-33(44-20-28)49-16-12-15-45-49/h12-16,20,23-27,30-32,36-38,41,51,54H,11,17-19,21-22H2,1-10H3/b46-34?,47-29+/t23-,24-,25-,26+,27-,30+,31?,32-,36-,37-,38+,41+,42-,43-/m1/s1. The molecule has 6 rings (SSSR count). The molecule has 4 aliphatic heterocycles. The monoisotopic (exact) mass is 838 g/mol. The van der Waals surface area contributed by atoms with E-state index in [4.69, 9.17) is 33.5 Å². The van der Waals surface area contributed by atoms with Crippen molar-refractivity contribution >= 4 is 29.1 Å². The zero-order valence-electron chi connectivity index (χ0n) is 36.4. The molecule has 0 aliphatic carbocycles. The maximum atomic E-state index is 14.5. The molecule has 14 atom stereocenters. The Balaban J connectivity index is 1.47. The van der Waals surface area contributed by atoms with Crippen LogP contribution in [-0.4, -0.2) is 146 Å².